The molecule has 1 aromatic heterocycles. The zero-order valence-corrected chi connectivity index (χ0v) is 10.4. The summed E-state index contributed by atoms with van der Waals surface area (Å²) < 4.78 is 23.2. The minimum Gasteiger partial charge on any atom is -0.467 e. The summed E-state index contributed by atoms with van der Waals surface area (Å²) in [4.78, 5) is 11.8. The monoisotopic (exact) mass is 263 g/mol. The Bertz CT molecular complexity index is 522. The van der Waals surface area contributed by atoms with E-state index in [4.69, 9.17) is 9.15 Å². The molecule has 5 heteroatoms. The minimum atomic E-state index is -0.373. The molecule has 1 unspecified atom stereocenters. The van der Waals surface area contributed by atoms with E-state index in [1.54, 1.807) is 18.4 Å². The molecule has 0 spiro atoms. The van der Waals surface area contributed by atoms with E-state index < -0.39 is 0 Å². The maximum atomic E-state index is 12.7. The number of halogens is 1. The van der Waals surface area contributed by atoms with Crippen LogP contribution >= 0.6 is 0 Å². The van der Waals surface area contributed by atoms with E-state index in [0.717, 1.165) is 0 Å². The first kappa shape index (κ1) is 13.3. The molecule has 0 saturated heterocycles. The number of carbonyl (C=O) groups excluding carboxylic acids is 1. The Morgan fingerprint density at radius 3 is 2.68 bits per heavy atom. The Morgan fingerprint density at radius 1 is 1.37 bits per heavy atom. The topological polar surface area (TPSA) is 51.5 Å². The Hall–Kier alpha value is -2.14. The predicted molar refractivity (Wildman–Crippen MR) is 67.2 cm³/mol. The third kappa shape index (κ3) is 3.42. The number of ether oxygens (including phenoxy) is 1. The SMILES string of the molecule is COC(CNC(=O)c1ccc(F)cc1)c1ccco1. The van der Waals surface area contributed by atoms with Gasteiger partial charge < -0.3 is 14.5 Å². The van der Waals surface area contributed by atoms with Gasteiger partial charge in [0.15, 0.2) is 0 Å². The normalized spacial score (nSPS) is 12.1. The number of nitrogens with one attached hydrogen (secondary N) is 1. The lowest BCUT2D eigenvalue weighted by atomic mass is 10.2. The van der Waals surface area contributed by atoms with Crippen molar-refractivity contribution in [3.63, 3.8) is 0 Å². The van der Waals surface area contributed by atoms with Crippen LogP contribution in [0.3, 0.4) is 0 Å². The van der Waals surface area contributed by atoms with Gasteiger partial charge in [0.25, 0.3) is 5.91 Å². The molecule has 0 fully saturated rings. The molecule has 2 aromatic rings. The second kappa shape index (κ2) is 6.15. The fourth-order valence-electron chi connectivity index (χ4n) is 1.66. The van der Waals surface area contributed by atoms with Crippen LogP contribution in [0.2, 0.25) is 0 Å². The Kier molecular flexibility index (Phi) is 4.30. The van der Waals surface area contributed by atoms with Gasteiger partial charge >= 0.3 is 0 Å². The Balaban J connectivity index is 1.94. The number of hydrogen-bond donors (Lipinski definition) is 1. The van der Waals surface area contributed by atoms with E-state index in [1.165, 1.54) is 31.4 Å². The standard InChI is InChI=1S/C14H14FNO3/c1-18-13(12-3-2-8-19-12)9-16-14(17)10-4-6-11(15)7-5-10/h2-8,13H,9H2,1H3,(H,16,17). The van der Waals surface area contributed by atoms with Crippen LogP contribution < -0.4 is 5.32 Å². The van der Waals surface area contributed by atoms with Crippen molar-refractivity contribution in [1.29, 1.82) is 0 Å². The molecule has 2 rings (SSSR count). The number of carbonyl (C=O) groups is 1. The summed E-state index contributed by atoms with van der Waals surface area (Å²) in [6, 6.07) is 8.88. The van der Waals surface area contributed by atoms with E-state index >= 15 is 0 Å². The highest BCUT2D eigenvalue weighted by Crippen LogP contribution is 2.16. The van der Waals surface area contributed by atoms with Crippen LogP contribution in [0.4, 0.5) is 4.39 Å². The summed E-state index contributed by atoms with van der Waals surface area (Å²) in [5.74, 6) is -0.0163. The second-order valence-corrected chi connectivity index (χ2v) is 3.96. The van der Waals surface area contributed by atoms with E-state index in [-0.39, 0.29) is 24.4 Å². The molecule has 19 heavy (non-hydrogen) atoms. The molecule has 0 saturated carbocycles. The van der Waals surface area contributed by atoms with Crippen LogP contribution in [0.5, 0.6) is 0 Å². The van der Waals surface area contributed by atoms with Crippen LogP contribution in [0, 0.1) is 5.82 Å². The van der Waals surface area contributed by atoms with Gasteiger partial charge in [-0.2, -0.15) is 0 Å². The molecule has 100 valence electrons. The van der Waals surface area contributed by atoms with Gasteiger partial charge in [0.1, 0.15) is 17.7 Å². The lowest BCUT2D eigenvalue weighted by molar-refractivity contribution is 0.0738. The van der Waals surface area contributed by atoms with Crippen molar-refractivity contribution >= 4 is 5.91 Å². The summed E-state index contributed by atoms with van der Waals surface area (Å²) in [7, 11) is 1.54. The molecular weight excluding hydrogens is 249 g/mol. The third-order valence-corrected chi connectivity index (χ3v) is 2.70. The maximum Gasteiger partial charge on any atom is 0.251 e. The molecule has 0 aliphatic rings. The number of hydrogen-bond acceptors (Lipinski definition) is 3. The van der Waals surface area contributed by atoms with Crippen molar-refractivity contribution in [3.8, 4) is 0 Å². The van der Waals surface area contributed by atoms with Crippen LogP contribution in [-0.2, 0) is 4.74 Å². The van der Waals surface area contributed by atoms with Crippen LogP contribution in [-0.4, -0.2) is 19.6 Å². The number of benzene rings is 1. The van der Waals surface area contributed by atoms with Crippen molar-refractivity contribution in [2.75, 3.05) is 13.7 Å². The van der Waals surface area contributed by atoms with E-state index in [0.29, 0.717) is 11.3 Å². The first-order chi connectivity index (χ1) is 9.20. The largest absolute Gasteiger partial charge is 0.467 e. The van der Waals surface area contributed by atoms with Gasteiger partial charge in [-0.05, 0) is 36.4 Å². The highest BCUT2D eigenvalue weighted by atomic mass is 19.1. The van der Waals surface area contributed by atoms with Crippen molar-refractivity contribution in [1.82, 2.24) is 5.32 Å². The maximum absolute atomic E-state index is 12.7. The van der Waals surface area contributed by atoms with Crippen molar-refractivity contribution in [2.24, 2.45) is 0 Å². The summed E-state index contributed by atoms with van der Waals surface area (Å²) in [5, 5.41) is 2.71. The predicted octanol–water partition coefficient (Wildman–Crippen LogP) is 2.54. The first-order valence-corrected chi connectivity index (χ1v) is 5.80. The van der Waals surface area contributed by atoms with Crippen molar-refractivity contribution in [3.05, 3.63) is 59.8 Å². The summed E-state index contributed by atoms with van der Waals surface area (Å²) in [5.41, 5.74) is 0.399. The first-order valence-electron chi connectivity index (χ1n) is 5.80. The van der Waals surface area contributed by atoms with Crippen LogP contribution in [0.25, 0.3) is 0 Å². The minimum absolute atomic E-state index is 0.278. The van der Waals surface area contributed by atoms with Crippen molar-refractivity contribution < 1.29 is 18.3 Å². The molecule has 0 aliphatic heterocycles. The fourth-order valence-corrected chi connectivity index (χ4v) is 1.66. The molecule has 1 atom stereocenters. The van der Waals surface area contributed by atoms with Gasteiger partial charge in [0, 0.05) is 12.7 Å². The molecule has 1 heterocycles. The molecule has 1 N–H and O–H groups in total. The molecule has 0 radical (unpaired) electrons. The van der Waals surface area contributed by atoms with Crippen LogP contribution in [0.1, 0.15) is 22.2 Å². The van der Waals surface area contributed by atoms with Crippen LogP contribution in [0.15, 0.2) is 47.1 Å². The molecule has 1 amide bonds. The number of amides is 1. The zero-order valence-electron chi connectivity index (χ0n) is 10.4. The smallest absolute Gasteiger partial charge is 0.251 e. The average molecular weight is 263 g/mol. The number of furan rings is 1. The van der Waals surface area contributed by atoms with Gasteiger partial charge in [0.05, 0.1) is 12.8 Å². The highest BCUT2D eigenvalue weighted by molar-refractivity contribution is 5.94. The highest BCUT2D eigenvalue weighted by Gasteiger charge is 2.15. The Labute approximate surface area is 110 Å². The Morgan fingerprint density at radius 2 is 2.11 bits per heavy atom. The van der Waals surface area contributed by atoms with Gasteiger partial charge in [-0.15, -0.1) is 0 Å². The fraction of sp³-hybridized carbons (Fsp3) is 0.214. The lowest BCUT2D eigenvalue weighted by Gasteiger charge is -2.13. The van der Waals surface area contributed by atoms with E-state index in [1.807, 2.05) is 0 Å². The summed E-state index contributed by atoms with van der Waals surface area (Å²) in [6.07, 6.45) is 1.20. The van der Waals surface area contributed by atoms with Gasteiger partial charge in [-0.1, -0.05) is 0 Å². The zero-order chi connectivity index (χ0) is 13.7. The van der Waals surface area contributed by atoms with Gasteiger partial charge in [0.2, 0.25) is 0 Å². The number of rotatable bonds is 5. The molecule has 4 nitrogen and oxygen atoms in total. The third-order valence-electron chi connectivity index (χ3n) is 2.70. The number of methoxy groups -OCH3 is 1. The van der Waals surface area contributed by atoms with E-state index in [9.17, 15) is 9.18 Å². The molecule has 1 aromatic carbocycles. The summed E-state index contributed by atoms with van der Waals surface area (Å²) in [6.45, 7) is 0.278. The quantitative estimate of drug-likeness (QED) is 0.901. The summed E-state index contributed by atoms with van der Waals surface area (Å²) >= 11 is 0. The second-order valence-electron chi connectivity index (χ2n) is 3.96. The van der Waals surface area contributed by atoms with Gasteiger partial charge in [-0.3, -0.25) is 4.79 Å². The molecule has 0 aliphatic carbocycles. The average Bonchev–Trinajstić information content (AvgIpc) is 2.94. The molecular formula is C14H14FNO3. The van der Waals surface area contributed by atoms with Crippen molar-refractivity contribution in [2.45, 2.75) is 6.10 Å². The van der Waals surface area contributed by atoms with Gasteiger partial charge in [-0.25, -0.2) is 4.39 Å². The lowest BCUT2D eigenvalue weighted by Crippen LogP contribution is -2.29. The molecule has 0 bridgehead atoms. The van der Waals surface area contributed by atoms with E-state index in [2.05, 4.69) is 5.32 Å².